The third kappa shape index (κ3) is 4.50. The second-order valence-electron chi connectivity index (χ2n) is 7.51. The molecule has 0 radical (unpaired) electrons. The Morgan fingerprint density at radius 2 is 1.74 bits per heavy atom. The van der Waals surface area contributed by atoms with Crippen LogP contribution < -0.4 is 21.8 Å². The summed E-state index contributed by atoms with van der Waals surface area (Å²) in [6.45, 7) is 3.35. The number of amides is 1. The van der Waals surface area contributed by atoms with E-state index in [4.69, 9.17) is 0 Å². The zero-order valence-electron chi connectivity index (χ0n) is 18.6. The molecule has 0 spiro atoms. The van der Waals surface area contributed by atoms with Crippen molar-refractivity contribution in [3.8, 4) is 5.69 Å². The van der Waals surface area contributed by atoms with E-state index >= 15 is 0 Å². The van der Waals surface area contributed by atoms with Crippen molar-refractivity contribution in [2.45, 2.75) is 26.6 Å². The van der Waals surface area contributed by atoms with Crippen molar-refractivity contribution in [2.24, 2.45) is 0 Å². The van der Waals surface area contributed by atoms with Gasteiger partial charge in [0, 0.05) is 18.3 Å². The fourth-order valence-electron chi connectivity index (χ4n) is 3.58. The van der Waals surface area contributed by atoms with Crippen LogP contribution in [0.25, 0.3) is 16.6 Å². The van der Waals surface area contributed by atoms with Crippen LogP contribution >= 0.6 is 0 Å². The molecule has 0 saturated heterocycles. The Morgan fingerprint density at radius 3 is 2.46 bits per heavy atom. The number of fused-ring (bicyclic) bond motifs is 1. The Labute approximate surface area is 195 Å². The van der Waals surface area contributed by atoms with E-state index in [0.717, 1.165) is 16.8 Å². The normalized spacial score (nSPS) is 11.5. The standard InChI is InChI=1S/C23H19F3N6O3/c1-3-31-21(35)14-8-4-6-10-16(14)27-22(31)29-28-20(34)19-18(33)12-13(2)32(30-19)17-11-7-5-9-15(17)23(24,25)26/h4-12H,3H2,1-2H3,(H,27,29)(H,28,34). The lowest BCUT2D eigenvalue weighted by atomic mass is 10.1. The fraction of sp³-hybridized carbons (Fsp3) is 0.174. The van der Waals surface area contributed by atoms with Gasteiger partial charge in [-0.05, 0) is 38.1 Å². The Hall–Kier alpha value is -4.48. The molecule has 0 aliphatic rings. The van der Waals surface area contributed by atoms with Crippen molar-refractivity contribution >= 4 is 22.8 Å². The van der Waals surface area contributed by atoms with Crippen LogP contribution in [0.3, 0.4) is 0 Å². The first-order chi connectivity index (χ1) is 16.6. The van der Waals surface area contributed by atoms with Crippen molar-refractivity contribution in [3.63, 3.8) is 0 Å². The van der Waals surface area contributed by atoms with Crippen LogP contribution in [0.5, 0.6) is 0 Å². The van der Waals surface area contributed by atoms with Gasteiger partial charge >= 0.3 is 6.18 Å². The number of halogens is 3. The van der Waals surface area contributed by atoms with E-state index in [0.29, 0.717) is 10.9 Å². The molecule has 9 nitrogen and oxygen atoms in total. The largest absolute Gasteiger partial charge is 0.418 e. The summed E-state index contributed by atoms with van der Waals surface area (Å²) in [5, 5.41) is 4.29. The molecule has 0 saturated carbocycles. The van der Waals surface area contributed by atoms with E-state index in [1.165, 1.54) is 29.7 Å². The molecule has 4 aromatic rings. The number of hydrogen-bond acceptors (Lipinski definition) is 6. The smallest absolute Gasteiger partial charge is 0.287 e. The summed E-state index contributed by atoms with van der Waals surface area (Å²) in [4.78, 5) is 42.3. The molecule has 0 aliphatic carbocycles. The molecule has 0 unspecified atom stereocenters. The van der Waals surface area contributed by atoms with Crippen LogP contribution in [0.2, 0.25) is 0 Å². The number of carbonyl (C=O) groups excluding carboxylic acids is 1. The molecular weight excluding hydrogens is 465 g/mol. The number of aromatic nitrogens is 4. The predicted octanol–water partition coefficient (Wildman–Crippen LogP) is 3.05. The van der Waals surface area contributed by atoms with Crippen LogP contribution in [0.4, 0.5) is 19.1 Å². The number of hydrazine groups is 1. The highest BCUT2D eigenvalue weighted by Crippen LogP contribution is 2.33. The average molecular weight is 484 g/mol. The second-order valence-corrected chi connectivity index (χ2v) is 7.51. The molecule has 0 aliphatic heterocycles. The maximum absolute atomic E-state index is 13.5. The zero-order chi connectivity index (χ0) is 25.3. The lowest BCUT2D eigenvalue weighted by molar-refractivity contribution is -0.137. The minimum absolute atomic E-state index is 0.0133. The molecule has 0 bridgehead atoms. The molecule has 35 heavy (non-hydrogen) atoms. The molecule has 4 rings (SSSR count). The van der Waals surface area contributed by atoms with Gasteiger partial charge in [0.1, 0.15) is 0 Å². The highest BCUT2D eigenvalue weighted by molar-refractivity contribution is 5.92. The Bertz CT molecular complexity index is 1560. The van der Waals surface area contributed by atoms with E-state index in [9.17, 15) is 27.6 Å². The van der Waals surface area contributed by atoms with Gasteiger partial charge in [-0.3, -0.25) is 29.8 Å². The summed E-state index contributed by atoms with van der Waals surface area (Å²) in [7, 11) is 0. The van der Waals surface area contributed by atoms with Crippen molar-refractivity contribution in [1.29, 1.82) is 0 Å². The number of aryl methyl sites for hydroxylation is 1. The molecule has 0 atom stereocenters. The maximum Gasteiger partial charge on any atom is 0.418 e. The third-order valence-electron chi connectivity index (χ3n) is 5.23. The average Bonchev–Trinajstić information content (AvgIpc) is 2.82. The van der Waals surface area contributed by atoms with Crippen LogP contribution in [0.1, 0.15) is 28.7 Å². The minimum atomic E-state index is -4.68. The Balaban J connectivity index is 1.70. The number of para-hydroxylation sites is 2. The number of anilines is 1. The van der Waals surface area contributed by atoms with Gasteiger partial charge in [0.15, 0.2) is 5.69 Å². The highest BCUT2D eigenvalue weighted by atomic mass is 19.4. The number of rotatable bonds is 5. The van der Waals surface area contributed by atoms with E-state index in [1.54, 1.807) is 31.2 Å². The summed E-state index contributed by atoms with van der Waals surface area (Å²) in [5.41, 5.74) is 2.18. The van der Waals surface area contributed by atoms with Crippen LogP contribution in [-0.2, 0) is 12.7 Å². The minimum Gasteiger partial charge on any atom is -0.287 e. The van der Waals surface area contributed by atoms with Crippen LogP contribution in [0, 0.1) is 6.92 Å². The van der Waals surface area contributed by atoms with Gasteiger partial charge in [-0.15, -0.1) is 0 Å². The molecule has 12 heteroatoms. The van der Waals surface area contributed by atoms with E-state index in [-0.39, 0.29) is 29.4 Å². The maximum atomic E-state index is 13.5. The summed E-state index contributed by atoms with van der Waals surface area (Å²) in [6, 6.07) is 12.4. The van der Waals surface area contributed by atoms with Gasteiger partial charge in [0.25, 0.3) is 11.5 Å². The summed E-state index contributed by atoms with van der Waals surface area (Å²) in [5.74, 6) is -1.00. The number of carbonyl (C=O) groups is 1. The second kappa shape index (κ2) is 9.05. The Kier molecular flexibility index (Phi) is 6.12. The van der Waals surface area contributed by atoms with Crippen LogP contribution in [-0.4, -0.2) is 25.2 Å². The molecule has 2 aromatic carbocycles. The SMILES string of the molecule is CCn1c(NNC(=O)c2nn(-c3ccccc3C(F)(F)F)c(C)cc2=O)nc2ccccc2c1=O. The van der Waals surface area contributed by atoms with Gasteiger partial charge in [-0.2, -0.15) is 18.3 Å². The van der Waals surface area contributed by atoms with E-state index in [2.05, 4.69) is 20.9 Å². The van der Waals surface area contributed by atoms with E-state index < -0.39 is 28.8 Å². The lowest BCUT2D eigenvalue weighted by Gasteiger charge is -2.17. The highest BCUT2D eigenvalue weighted by Gasteiger charge is 2.34. The van der Waals surface area contributed by atoms with Gasteiger partial charge in [0.05, 0.1) is 22.2 Å². The first-order valence-corrected chi connectivity index (χ1v) is 10.4. The number of hydrogen-bond donors (Lipinski definition) is 2. The number of nitrogens with zero attached hydrogens (tertiary/aromatic N) is 4. The van der Waals surface area contributed by atoms with Crippen molar-refractivity contribution in [3.05, 3.63) is 92.1 Å². The van der Waals surface area contributed by atoms with Gasteiger partial charge < -0.3 is 0 Å². The monoisotopic (exact) mass is 484 g/mol. The molecule has 0 fully saturated rings. The first-order valence-electron chi connectivity index (χ1n) is 10.4. The van der Waals surface area contributed by atoms with Gasteiger partial charge in [0.2, 0.25) is 11.4 Å². The van der Waals surface area contributed by atoms with Crippen molar-refractivity contribution in [1.82, 2.24) is 24.8 Å². The summed E-state index contributed by atoms with van der Waals surface area (Å²) >= 11 is 0. The number of alkyl halides is 3. The topological polar surface area (TPSA) is 111 Å². The lowest BCUT2D eigenvalue weighted by Crippen LogP contribution is -2.38. The van der Waals surface area contributed by atoms with Crippen molar-refractivity contribution < 1.29 is 18.0 Å². The molecular formula is C23H19F3N6O3. The van der Waals surface area contributed by atoms with Gasteiger partial charge in [-0.1, -0.05) is 24.3 Å². The van der Waals surface area contributed by atoms with Crippen LogP contribution in [0.15, 0.2) is 64.2 Å². The third-order valence-corrected chi connectivity index (χ3v) is 5.23. The Morgan fingerprint density at radius 1 is 1.06 bits per heavy atom. The molecule has 2 aromatic heterocycles. The summed E-state index contributed by atoms with van der Waals surface area (Å²) in [6.07, 6.45) is -4.68. The molecule has 1 amide bonds. The number of benzene rings is 2. The summed E-state index contributed by atoms with van der Waals surface area (Å²) < 4.78 is 42.7. The molecule has 2 heterocycles. The zero-order valence-corrected chi connectivity index (χ0v) is 18.6. The fourth-order valence-corrected chi connectivity index (χ4v) is 3.58. The predicted molar refractivity (Wildman–Crippen MR) is 122 cm³/mol. The quantitative estimate of drug-likeness (QED) is 0.422. The van der Waals surface area contributed by atoms with Crippen molar-refractivity contribution in [2.75, 3.05) is 5.43 Å². The van der Waals surface area contributed by atoms with E-state index in [1.807, 2.05) is 0 Å². The first kappa shape index (κ1) is 23.7. The molecule has 2 N–H and O–H groups in total. The van der Waals surface area contributed by atoms with Gasteiger partial charge in [-0.25, -0.2) is 9.67 Å². The molecule has 180 valence electrons. The number of nitrogens with one attached hydrogen (secondary N) is 2.